The van der Waals surface area contributed by atoms with Gasteiger partial charge in [-0.15, -0.1) is 0 Å². The number of nitrogens with zero attached hydrogens (tertiary/aromatic N) is 2. The lowest BCUT2D eigenvalue weighted by Gasteiger charge is -2.52. The molecule has 1 heterocycles. The van der Waals surface area contributed by atoms with Gasteiger partial charge < -0.3 is 4.74 Å². The molecule has 202 valence electrons. The SMILES string of the molecule is COc1ccc(CC(=O)N/N=C\C23c4ccccc4C(c4ccccc42)[C@@H]2C(=O)N(c4ccccc4)C(=O)[C@H]23)cc1. The number of imide groups is 1. The first kappa shape index (κ1) is 25.0. The van der Waals surface area contributed by atoms with E-state index in [-0.39, 0.29) is 30.1 Å². The van der Waals surface area contributed by atoms with Crippen LogP contribution in [0.1, 0.15) is 33.7 Å². The molecule has 1 aliphatic heterocycles. The molecule has 4 aromatic rings. The fourth-order valence-corrected chi connectivity index (χ4v) is 7.06. The maximum Gasteiger partial charge on any atom is 0.244 e. The molecule has 1 N–H and O–H groups in total. The number of methoxy groups -OCH3 is 1. The summed E-state index contributed by atoms with van der Waals surface area (Å²) in [6.07, 6.45) is 1.82. The van der Waals surface area contributed by atoms with Gasteiger partial charge in [0.2, 0.25) is 17.7 Å². The van der Waals surface area contributed by atoms with Gasteiger partial charge in [0.15, 0.2) is 0 Å². The lowest BCUT2D eigenvalue weighted by molar-refractivity contribution is -0.123. The van der Waals surface area contributed by atoms with Gasteiger partial charge in [-0.25, -0.2) is 10.3 Å². The van der Waals surface area contributed by atoms with Gasteiger partial charge in [0.05, 0.1) is 36.5 Å². The van der Waals surface area contributed by atoms with E-state index >= 15 is 0 Å². The minimum atomic E-state index is -1.03. The smallest absolute Gasteiger partial charge is 0.244 e. The maximum atomic E-state index is 14.3. The van der Waals surface area contributed by atoms with Gasteiger partial charge in [0, 0.05) is 12.1 Å². The van der Waals surface area contributed by atoms with Crippen molar-refractivity contribution in [3.63, 3.8) is 0 Å². The van der Waals surface area contributed by atoms with Crippen LogP contribution in [-0.2, 0) is 26.2 Å². The average molecular weight is 542 g/mol. The standard InChI is InChI=1S/C34H27N3O4/c1-41-23-17-15-21(16-18-23)19-28(38)36-35-20-34-26-13-7-5-11-24(26)29(25-12-6-8-14-27(25)34)30-31(34)33(40)37(32(30)39)22-9-3-2-4-10-22/h2-18,20,29-31H,19H2,1H3,(H,36,38)/b35-20-/t29?,30-,31-,34?/m0/s1. The van der Waals surface area contributed by atoms with Crippen LogP contribution >= 0.6 is 0 Å². The number of rotatable bonds is 6. The van der Waals surface area contributed by atoms with Crippen molar-refractivity contribution in [2.24, 2.45) is 16.9 Å². The lowest BCUT2D eigenvalue weighted by Crippen LogP contribution is -2.54. The third kappa shape index (κ3) is 3.65. The van der Waals surface area contributed by atoms with Crippen molar-refractivity contribution in [1.82, 2.24) is 5.43 Å². The number of nitrogens with one attached hydrogen (secondary N) is 1. The highest BCUT2D eigenvalue weighted by atomic mass is 16.5. The Hall–Kier alpha value is -5.04. The van der Waals surface area contributed by atoms with E-state index in [1.54, 1.807) is 37.6 Å². The first-order valence-electron chi connectivity index (χ1n) is 13.6. The minimum absolute atomic E-state index is 0.134. The van der Waals surface area contributed by atoms with Gasteiger partial charge in [-0.2, -0.15) is 5.10 Å². The molecular weight excluding hydrogens is 514 g/mol. The van der Waals surface area contributed by atoms with Crippen LogP contribution < -0.4 is 15.1 Å². The third-order valence-corrected chi connectivity index (χ3v) is 8.68. The molecule has 0 saturated carbocycles. The van der Waals surface area contributed by atoms with Crippen LogP contribution in [0.5, 0.6) is 5.75 Å². The number of anilines is 1. The second-order valence-electron chi connectivity index (χ2n) is 10.7. The molecule has 7 heteroatoms. The first-order chi connectivity index (χ1) is 20.0. The maximum absolute atomic E-state index is 14.3. The van der Waals surface area contributed by atoms with Gasteiger partial charge in [0.1, 0.15) is 5.75 Å². The van der Waals surface area contributed by atoms with Gasteiger partial charge in [-0.05, 0) is 52.1 Å². The van der Waals surface area contributed by atoms with Gasteiger partial charge in [-0.1, -0.05) is 78.9 Å². The number of benzene rings is 4. The summed E-state index contributed by atoms with van der Waals surface area (Å²) in [5.41, 5.74) is 6.94. The van der Waals surface area contributed by atoms with Crippen LogP contribution in [0.3, 0.4) is 0 Å². The van der Waals surface area contributed by atoms with Crippen molar-refractivity contribution < 1.29 is 19.1 Å². The van der Waals surface area contributed by atoms with E-state index in [1.807, 2.05) is 78.9 Å². The van der Waals surface area contributed by atoms with Crippen molar-refractivity contribution in [2.75, 3.05) is 12.0 Å². The predicted octanol–water partition coefficient (Wildman–Crippen LogP) is 4.59. The van der Waals surface area contributed by atoms with Gasteiger partial charge in [-0.3, -0.25) is 14.4 Å². The molecule has 4 aromatic carbocycles. The molecule has 4 aliphatic rings. The molecule has 41 heavy (non-hydrogen) atoms. The summed E-state index contributed by atoms with van der Waals surface area (Å²) in [7, 11) is 1.59. The number of para-hydroxylation sites is 1. The zero-order valence-corrected chi connectivity index (χ0v) is 22.4. The topological polar surface area (TPSA) is 88.1 Å². The van der Waals surface area contributed by atoms with E-state index in [9.17, 15) is 14.4 Å². The molecular formula is C34H27N3O4. The Labute approximate surface area is 237 Å². The Balaban J connectivity index is 1.32. The van der Waals surface area contributed by atoms with Crippen molar-refractivity contribution in [3.8, 4) is 5.75 Å². The Morgan fingerprint density at radius 2 is 1.46 bits per heavy atom. The van der Waals surface area contributed by atoms with Crippen molar-refractivity contribution in [3.05, 3.63) is 131 Å². The van der Waals surface area contributed by atoms with Crippen LogP contribution in [0.2, 0.25) is 0 Å². The van der Waals surface area contributed by atoms with Crippen LogP contribution in [0, 0.1) is 11.8 Å². The van der Waals surface area contributed by atoms with Crippen LogP contribution in [0.25, 0.3) is 0 Å². The fourth-order valence-electron chi connectivity index (χ4n) is 7.06. The van der Waals surface area contributed by atoms with Crippen LogP contribution in [0.4, 0.5) is 5.69 Å². The molecule has 0 spiro atoms. The summed E-state index contributed by atoms with van der Waals surface area (Å²) >= 11 is 0. The van der Waals surface area contributed by atoms with E-state index < -0.39 is 17.3 Å². The number of carbonyl (C=O) groups excluding carboxylic acids is 3. The molecule has 0 unspecified atom stereocenters. The Morgan fingerprint density at radius 3 is 2.10 bits per heavy atom. The van der Waals surface area contributed by atoms with Crippen molar-refractivity contribution >= 4 is 29.6 Å². The largest absolute Gasteiger partial charge is 0.497 e. The number of hydrogen-bond acceptors (Lipinski definition) is 5. The highest BCUT2D eigenvalue weighted by Crippen LogP contribution is 2.63. The third-order valence-electron chi connectivity index (χ3n) is 8.68. The summed E-state index contributed by atoms with van der Waals surface area (Å²) in [6.45, 7) is 0. The fraction of sp³-hybridized carbons (Fsp3) is 0.176. The molecule has 3 aliphatic carbocycles. The molecule has 8 rings (SSSR count). The Morgan fingerprint density at radius 1 is 0.854 bits per heavy atom. The summed E-state index contributed by atoms with van der Waals surface area (Å²) < 4.78 is 5.20. The lowest BCUT2D eigenvalue weighted by atomic mass is 9.47. The first-order valence-corrected chi connectivity index (χ1v) is 13.6. The Kier molecular flexibility index (Phi) is 5.82. The van der Waals surface area contributed by atoms with E-state index in [4.69, 9.17) is 4.74 Å². The quantitative estimate of drug-likeness (QED) is 0.220. The second kappa shape index (κ2) is 9.55. The minimum Gasteiger partial charge on any atom is -0.497 e. The van der Waals surface area contributed by atoms with Crippen LogP contribution in [-0.4, -0.2) is 31.0 Å². The number of hydrogen-bond donors (Lipinski definition) is 1. The normalized spacial score (nSPS) is 23.7. The molecule has 2 bridgehead atoms. The average Bonchev–Trinajstić information content (AvgIpc) is 3.28. The molecule has 1 fully saturated rings. The molecule has 3 amide bonds. The number of amides is 3. The molecule has 0 radical (unpaired) electrons. The highest BCUT2D eigenvalue weighted by molar-refractivity contribution is 6.25. The van der Waals surface area contributed by atoms with Gasteiger partial charge in [0.25, 0.3) is 0 Å². The number of carbonyl (C=O) groups is 3. The molecule has 7 nitrogen and oxygen atoms in total. The molecule has 2 atom stereocenters. The van der Waals surface area contributed by atoms with E-state index in [0.29, 0.717) is 11.4 Å². The monoisotopic (exact) mass is 541 g/mol. The predicted molar refractivity (Wildman–Crippen MR) is 155 cm³/mol. The Bertz CT molecular complexity index is 1670. The molecule has 1 saturated heterocycles. The van der Waals surface area contributed by atoms with Gasteiger partial charge >= 0.3 is 0 Å². The zero-order chi connectivity index (χ0) is 28.1. The second-order valence-corrected chi connectivity index (χ2v) is 10.7. The molecule has 0 aromatic heterocycles. The summed E-state index contributed by atoms with van der Waals surface area (Å²) in [5, 5.41) is 4.48. The zero-order valence-electron chi connectivity index (χ0n) is 22.4. The highest BCUT2D eigenvalue weighted by Gasteiger charge is 2.68. The van der Waals surface area contributed by atoms with Crippen LogP contribution in [0.15, 0.2) is 108 Å². The van der Waals surface area contributed by atoms with Crippen molar-refractivity contribution in [2.45, 2.75) is 17.8 Å². The van der Waals surface area contributed by atoms with E-state index in [2.05, 4.69) is 10.5 Å². The summed E-state index contributed by atoms with van der Waals surface area (Å²) in [4.78, 5) is 42.7. The number of hydrazone groups is 1. The summed E-state index contributed by atoms with van der Waals surface area (Å²) in [5.74, 6) is -1.58. The van der Waals surface area contributed by atoms with Crippen molar-refractivity contribution in [1.29, 1.82) is 0 Å². The van der Waals surface area contributed by atoms with E-state index in [0.717, 1.165) is 27.8 Å². The van der Waals surface area contributed by atoms with E-state index in [1.165, 1.54) is 4.90 Å². The summed E-state index contributed by atoms with van der Waals surface area (Å²) in [6, 6.07) is 32.3. The number of ether oxygens (including phenoxy) is 1.